The van der Waals surface area contributed by atoms with Crippen molar-refractivity contribution in [3.8, 4) is 0 Å². The minimum Gasteiger partial charge on any atom is -0.379 e. The fraction of sp³-hybridized carbons (Fsp3) is 0.333. The molecule has 8 heteroatoms. The van der Waals surface area contributed by atoms with E-state index in [4.69, 9.17) is 27.9 Å². The van der Waals surface area contributed by atoms with Crippen LogP contribution in [-0.4, -0.2) is 53.2 Å². The third-order valence-electron chi connectivity index (χ3n) is 5.20. The van der Waals surface area contributed by atoms with Gasteiger partial charge in [0.05, 0.1) is 28.9 Å². The van der Waals surface area contributed by atoms with Crippen LogP contribution >= 0.6 is 23.2 Å². The fourth-order valence-electron chi connectivity index (χ4n) is 3.59. The third-order valence-corrected chi connectivity index (χ3v) is 5.77. The van der Waals surface area contributed by atoms with Crippen molar-refractivity contribution in [3.63, 3.8) is 0 Å². The number of hydrogen-bond acceptors (Lipinski definition) is 4. The van der Waals surface area contributed by atoms with E-state index < -0.39 is 0 Å². The van der Waals surface area contributed by atoms with Crippen molar-refractivity contribution < 1.29 is 9.53 Å². The normalized spacial score (nSPS) is 15.0. The summed E-state index contributed by atoms with van der Waals surface area (Å²) in [7, 11) is 0. The van der Waals surface area contributed by atoms with E-state index in [1.165, 1.54) is 18.0 Å². The molecule has 1 aromatic carbocycles. The number of anilines is 1. The Morgan fingerprint density at radius 1 is 1.17 bits per heavy atom. The summed E-state index contributed by atoms with van der Waals surface area (Å²) in [6, 6.07) is 5.72. The number of aromatic nitrogens is 2. The Bertz CT molecular complexity index is 1020. The molecular weight excluding hydrogens is 411 g/mol. The fourth-order valence-corrected chi connectivity index (χ4v) is 4.05. The van der Waals surface area contributed by atoms with Gasteiger partial charge in [0.15, 0.2) is 0 Å². The Morgan fingerprint density at radius 2 is 1.90 bits per heavy atom. The summed E-state index contributed by atoms with van der Waals surface area (Å²) in [6.45, 7) is 7.39. The zero-order valence-corrected chi connectivity index (χ0v) is 17.6. The molecule has 3 heterocycles. The first kappa shape index (κ1) is 20.2. The predicted octanol–water partition coefficient (Wildman–Crippen LogP) is 4.24. The molecule has 1 aliphatic rings. The SMILES string of the molecule is Cc1cn(CCN2CCOCC2)c2cc(C(=O)Nc3c(Cl)cncc3Cl)ccc12. The molecule has 29 heavy (non-hydrogen) atoms. The number of rotatable bonds is 5. The molecule has 0 atom stereocenters. The van der Waals surface area contributed by atoms with E-state index in [9.17, 15) is 4.79 Å². The zero-order valence-electron chi connectivity index (χ0n) is 16.1. The molecule has 1 fully saturated rings. The van der Waals surface area contributed by atoms with E-state index >= 15 is 0 Å². The second kappa shape index (κ2) is 8.71. The lowest BCUT2D eigenvalue weighted by molar-refractivity contribution is 0.0365. The van der Waals surface area contributed by atoms with E-state index in [1.807, 2.05) is 18.2 Å². The van der Waals surface area contributed by atoms with Crippen molar-refractivity contribution in [1.29, 1.82) is 0 Å². The van der Waals surface area contributed by atoms with Gasteiger partial charge in [0, 0.05) is 61.2 Å². The molecule has 0 aliphatic carbocycles. The summed E-state index contributed by atoms with van der Waals surface area (Å²) in [5.41, 5.74) is 3.14. The number of pyridine rings is 1. The van der Waals surface area contributed by atoms with Crippen LogP contribution in [0.1, 0.15) is 15.9 Å². The number of aryl methyl sites for hydroxylation is 1. The number of nitrogens with zero attached hydrogens (tertiary/aromatic N) is 3. The molecule has 3 aromatic rings. The minimum absolute atomic E-state index is 0.263. The lowest BCUT2D eigenvalue weighted by Gasteiger charge is -2.26. The van der Waals surface area contributed by atoms with Gasteiger partial charge in [0.25, 0.3) is 5.91 Å². The van der Waals surface area contributed by atoms with Gasteiger partial charge in [0.1, 0.15) is 0 Å². The predicted molar refractivity (Wildman–Crippen MR) is 116 cm³/mol. The molecule has 0 unspecified atom stereocenters. The number of hydrogen-bond donors (Lipinski definition) is 1. The van der Waals surface area contributed by atoms with Crippen LogP contribution in [0, 0.1) is 6.92 Å². The minimum atomic E-state index is -0.263. The quantitative estimate of drug-likeness (QED) is 0.654. The van der Waals surface area contributed by atoms with Crippen LogP contribution in [0.3, 0.4) is 0 Å². The average molecular weight is 433 g/mol. The zero-order chi connectivity index (χ0) is 20.4. The largest absolute Gasteiger partial charge is 0.379 e. The van der Waals surface area contributed by atoms with Crippen LogP contribution in [0.5, 0.6) is 0 Å². The Morgan fingerprint density at radius 3 is 2.62 bits per heavy atom. The third kappa shape index (κ3) is 4.41. The highest BCUT2D eigenvalue weighted by atomic mass is 35.5. The first-order chi connectivity index (χ1) is 14.0. The number of halogens is 2. The summed E-state index contributed by atoms with van der Waals surface area (Å²) >= 11 is 12.2. The van der Waals surface area contributed by atoms with Crippen LogP contribution in [0.2, 0.25) is 10.0 Å². The molecule has 0 bridgehead atoms. The van der Waals surface area contributed by atoms with Gasteiger partial charge in [-0.2, -0.15) is 0 Å². The van der Waals surface area contributed by atoms with Gasteiger partial charge in [-0.1, -0.05) is 29.3 Å². The van der Waals surface area contributed by atoms with Crippen LogP contribution in [0.25, 0.3) is 10.9 Å². The molecule has 0 radical (unpaired) electrons. The maximum atomic E-state index is 12.8. The molecule has 6 nitrogen and oxygen atoms in total. The molecule has 1 amide bonds. The van der Waals surface area contributed by atoms with E-state index in [2.05, 4.69) is 32.9 Å². The maximum Gasteiger partial charge on any atom is 0.255 e. The van der Waals surface area contributed by atoms with Gasteiger partial charge in [-0.25, -0.2) is 0 Å². The molecule has 4 rings (SSSR count). The van der Waals surface area contributed by atoms with E-state index in [0.29, 0.717) is 21.3 Å². The van der Waals surface area contributed by atoms with Crippen molar-refractivity contribution in [2.24, 2.45) is 0 Å². The van der Waals surface area contributed by atoms with Crippen molar-refractivity contribution >= 4 is 45.7 Å². The van der Waals surface area contributed by atoms with Gasteiger partial charge < -0.3 is 14.6 Å². The lowest BCUT2D eigenvalue weighted by Crippen LogP contribution is -2.38. The summed E-state index contributed by atoms with van der Waals surface area (Å²) in [5.74, 6) is -0.263. The van der Waals surface area contributed by atoms with Gasteiger partial charge >= 0.3 is 0 Å². The smallest absolute Gasteiger partial charge is 0.255 e. The highest BCUT2D eigenvalue weighted by molar-refractivity contribution is 6.39. The van der Waals surface area contributed by atoms with Gasteiger partial charge in [0.2, 0.25) is 0 Å². The van der Waals surface area contributed by atoms with Crippen LogP contribution in [0.4, 0.5) is 5.69 Å². The molecule has 0 spiro atoms. The monoisotopic (exact) mass is 432 g/mol. The average Bonchev–Trinajstić information content (AvgIpc) is 3.05. The molecule has 2 aromatic heterocycles. The van der Waals surface area contributed by atoms with E-state index in [-0.39, 0.29) is 5.91 Å². The molecule has 0 saturated carbocycles. The molecule has 1 N–H and O–H groups in total. The topological polar surface area (TPSA) is 59.4 Å². The standard InChI is InChI=1S/C21H22Cl2N4O2/c1-14-13-27(5-4-26-6-8-29-9-7-26)19-10-15(2-3-16(14)19)21(28)25-20-17(22)11-24-12-18(20)23/h2-3,10-13H,4-9H2,1H3,(H,24,25,28). The number of morpholine rings is 1. The second-order valence-corrected chi connectivity index (χ2v) is 7.94. The van der Waals surface area contributed by atoms with Crippen molar-refractivity contribution in [3.05, 3.63) is 58.0 Å². The second-order valence-electron chi connectivity index (χ2n) is 7.12. The van der Waals surface area contributed by atoms with Gasteiger partial charge in [-0.3, -0.25) is 14.7 Å². The summed E-state index contributed by atoms with van der Waals surface area (Å²) in [6.07, 6.45) is 5.04. The highest BCUT2D eigenvalue weighted by Gasteiger charge is 2.15. The number of carbonyl (C=O) groups excluding carboxylic acids is 1. The van der Waals surface area contributed by atoms with Crippen molar-refractivity contribution in [1.82, 2.24) is 14.5 Å². The van der Waals surface area contributed by atoms with E-state index in [0.717, 1.165) is 50.3 Å². The van der Waals surface area contributed by atoms with Crippen LogP contribution < -0.4 is 5.32 Å². The van der Waals surface area contributed by atoms with Crippen LogP contribution in [0.15, 0.2) is 36.8 Å². The Labute approximate surface area is 179 Å². The number of benzene rings is 1. The van der Waals surface area contributed by atoms with Gasteiger partial charge in [-0.05, 0) is 24.6 Å². The number of fused-ring (bicyclic) bond motifs is 1. The molecule has 152 valence electrons. The number of ether oxygens (including phenoxy) is 1. The summed E-state index contributed by atoms with van der Waals surface area (Å²) in [5, 5.41) is 4.54. The summed E-state index contributed by atoms with van der Waals surface area (Å²) in [4.78, 5) is 19.1. The molecule has 1 aliphatic heterocycles. The number of nitrogens with one attached hydrogen (secondary N) is 1. The Balaban J connectivity index is 1.56. The Hall–Kier alpha value is -2.12. The van der Waals surface area contributed by atoms with Gasteiger partial charge in [-0.15, -0.1) is 0 Å². The molecular formula is C21H22Cl2N4O2. The Kier molecular flexibility index (Phi) is 6.06. The number of amides is 1. The lowest BCUT2D eigenvalue weighted by atomic mass is 10.1. The van der Waals surface area contributed by atoms with Crippen LogP contribution in [-0.2, 0) is 11.3 Å². The van der Waals surface area contributed by atoms with Crippen molar-refractivity contribution in [2.75, 3.05) is 38.2 Å². The summed E-state index contributed by atoms with van der Waals surface area (Å²) < 4.78 is 7.63. The van der Waals surface area contributed by atoms with Crippen molar-refractivity contribution in [2.45, 2.75) is 13.5 Å². The highest BCUT2D eigenvalue weighted by Crippen LogP contribution is 2.29. The first-order valence-corrected chi connectivity index (χ1v) is 10.3. The maximum absolute atomic E-state index is 12.8. The number of carbonyl (C=O) groups is 1. The first-order valence-electron chi connectivity index (χ1n) is 9.53. The molecule has 1 saturated heterocycles. The van der Waals surface area contributed by atoms with E-state index in [1.54, 1.807) is 0 Å².